The molecule has 1 fully saturated rings. The highest BCUT2D eigenvalue weighted by molar-refractivity contribution is 6.34. The number of benzene rings is 1. The van der Waals surface area contributed by atoms with Crippen molar-refractivity contribution < 1.29 is 9.59 Å². The number of halogens is 2. The summed E-state index contributed by atoms with van der Waals surface area (Å²) in [5.41, 5.74) is 0.956. The SMILES string of the molecule is CC(C)C(=O)Nc1ccc(Cl)c(C(=O)NC2CCNC2)c1.Cl. The van der Waals surface area contributed by atoms with Crippen LogP contribution in [0.4, 0.5) is 5.69 Å². The Morgan fingerprint density at radius 1 is 1.36 bits per heavy atom. The molecule has 1 unspecified atom stereocenters. The third kappa shape index (κ3) is 4.87. The van der Waals surface area contributed by atoms with Crippen LogP contribution in [0.25, 0.3) is 0 Å². The maximum Gasteiger partial charge on any atom is 0.253 e. The van der Waals surface area contributed by atoms with Crippen LogP contribution < -0.4 is 16.0 Å². The van der Waals surface area contributed by atoms with Crippen LogP contribution in [0.15, 0.2) is 18.2 Å². The molecule has 1 aromatic carbocycles. The highest BCUT2D eigenvalue weighted by Gasteiger charge is 2.19. The first-order valence-corrected chi connectivity index (χ1v) is 7.47. The zero-order chi connectivity index (χ0) is 15.4. The van der Waals surface area contributed by atoms with Crippen LogP contribution >= 0.6 is 24.0 Å². The highest BCUT2D eigenvalue weighted by atomic mass is 35.5. The molecule has 1 heterocycles. The van der Waals surface area contributed by atoms with Gasteiger partial charge in [0.2, 0.25) is 5.91 Å². The summed E-state index contributed by atoms with van der Waals surface area (Å²) in [4.78, 5) is 24.0. The fourth-order valence-corrected chi connectivity index (χ4v) is 2.31. The predicted octanol–water partition coefficient (Wildman–Crippen LogP) is 2.45. The van der Waals surface area contributed by atoms with E-state index >= 15 is 0 Å². The summed E-state index contributed by atoms with van der Waals surface area (Å²) in [6.45, 7) is 5.30. The summed E-state index contributed by atoms with van der Waals surface area (Å²) in [5.74, 6) is -0.430. The van der Waals surface area contributed by atoms with Crippen molar-refractivity contribution in [3.8, 4) is 0 Å². The smallest absolute Gasteiger partial charge is 0.253 e. The molecule has 0 saturated carbocycles. The fraction of sp³-hybridized carbons (Fsp3) is 0.467. The number of hydrogen-bond acceptors (Lipinski definition) is 3. The van der Waals surface area contributed by atoms with Crippen LogP contribution in [0.5, 0.6) is 0 Å². The molecular formula is C15H21Cl2N3O2. The van der Waals surface area contributed by atoms with Gasteiger partial charge in [-0.15, -0.1) is 12.4 Å². The normalized spacial score (nSPS) is 17.0. The standard InChI is InChI=1S/C15H20ClN3O2.ClH/c1-9(2)14(20)18-10-3-4-13(16)12(7-10)15(21)19-11-5-6-17-8-11;/h3-4,7,9,11,17H,5-6,8H2,1-2H3,(H,18,20)(H,19,21);1H. The lowest BCUT2D eigenvalue weighted by molar-refractivity contribution is -0.118. The molecule has 7 heteroatoms. The lowest BCUT2D eigenvalue weighted by Gasteiger charge is -2.14. The predicted molar refractivity (Wildman–Crippen MR) is 90.9 cm³/mol. The Morgan fingerprint density at radius 2 is 2.09 bits per heavy atom. The molecule has 1 aliphatic heterocycles. The Bertz CT molecular complexity index is 544. The van der Waals surface area contributed by atoms with Gasteiger partial charge < -0.3 is 16.0 Å². The van der Waals surface area contributed by atoms with E-state index in [9.17, 15) is 9.59 Å². The van der Waals surface area contributed by atoms with Crippen LogP contribution in [0.1, 0.15) is 30.6 Å². The first-order valence-electron chi connectivity index (χ1n) is 7.09. The van der Waals surface area contributed by atoms with Crippen molar-refractivity contribution in [1.29, 1.82) is 0 Å². The summed E-state index contributed by atoms with van der Waals surface area (Å²) in [5, 5.41) is 9.27. The maximum absolute atomic E-state index is 12.3. The largest absolute Gasteiger partial charge is 0.348 e. The Hall–Kier alpha value is -1.30. The number of rotatable bonds is 4. The van der Waals surface area contributed by atoms with Crippen molar-refractivity contribution in [3.63, 3.8) is 0 Å². The molecule has 0 bridgehead atoms. The third-order valence-electron chi connectivity index (χ3n) is 3.40. The number of carbonyl (C=O) groups is 2. The van der Waals surface area contributed by atoms with Gasteiger partial charge in [0, 0.05) is 24.2 Å². The molecule has 3 N–H and O–H groups in total. The average Bonchev–Trinajstić information content (AvgIpc) is 2.93. The maximum atomic E-state index is 12.3. The molecule has 5 nitrogen and oxygen atoms in total. The van der Waals surface area contributed by atoms with E-state index in [0.717, 1.165) is 19.5 Å². The number of carbonyl (C=O) groups excluding carboxylic acids is 2. The first-order chi connectivity index (χ1) is 9.97. The lowest BCUT2D eigenvalue weighted by Crippen LogP contribution is -2.36. The Balaban J connectivity index is 0.00000242. The van der Waals surface area contributed by atoms with Gasteiger partial charge in [0.15, 0.2) is 0 Å². The minimum Gasteiger partial charge on any atom is -0.348 e. The van der Waals surface area contributed by atoms with Gasteiger partial charge in [-0.1, -0.05) is 25.4 Å². The van der Waals surface area contributed by atoms with Gasteiger partial charge in [-0.3, -0.25) is 9.59 Å². The van der Waals surface area contributed by atoms with E-state index in [1.165, 1.54) is 0 Å². The van der Waals surface area contributed by atoms with Crippen LogP contribution in [0.2, 0.25) is 5.02 Å². The number of hydrogen-bond donors (Lipinski definition) is 3. The Labute approximate surface area is 141 Å². The van der Waals surface area contributed by atoms with Gasteiger partial charge in [-0.2, -0.15) is 0 Å². The van der Waals surface area contributed by atoms with Gasteiger partial charge in [0.05, 0.1) is 10.6 Å². The molecule has 0 radical (unpaired) electrons. The monoisotopic (exact) mass is 345 g/mol. The second kappa shape index (κ2) is 8.36. The van der Waals surface area contributed by atoms with E-state index in [4.69, 9.17) is 11.6 Å². The summed E-state index contributed by atoms with van der Waals surface area (Å²) in [7, 11) is 0. The van der Waals surface area contributed by atoms with E-state index in [0.29, 0.717) is 16.3 Å². The Kier molecular flexibility index (Phi) is 7.13. The summed E-state index contributed by atoms with van der Waals surface area (Å²) < 4.78 is 0. The van der Waals surface area contributed by atoms with E-state index in [1.807, 2.05) is 13.8 Å². The second-order valence-corrected chi connectivity index (χ2v) is 5.91. The molecule has 1 saturated heterocycles. The van der Waals surface area contributed by atoms with Crippen LogP contribution in [0, 0.1) is 5.92 Å². The van der Waals surface area contributed by atoms with E-state index in [-0.39, 0.29) is 36.2 Å². The molecule has 0 aliphatic carbocycles. The molecule has 22 heavy (non-hydrogen) atoms. The number of amides is 2. The molecule has 2 rings (SSSR count). The van der Waals surface area contributed by atoms with Crippen LogP contribution in [-0.2, 0) is 4.79 Å². The molecule has 122 valence electrons. The van der Waals surface area contributed by atoms with E-state index in [2.05, 4.69) is 16.0 Å². The molecular weight excluding hydrogens is 325 g/mol. The van der Waals surface area contributed by atoms with Crippen molar-refractivity contribution in [2.24, 2.45) is 5.92 Å². The zero-order valence-electron chi connectivity index (χ0n) is 12.6. The zero-order valence-corrected chi connectivity index (χ0v) is 14.2. The third-order valence-corrected chi connectivity index (χ3v) is 3.73. The highest BCUT2D eigenvalue weighted by Crippen LogP contribution is 2.21. The minimum atomic E-state index is -0.214. The summed E-state index contributed by atoms with van der Waals surface area (Å²) in [6.07, 6.45) is 0.910. The second-order valence-electron chi connectivity index (χ2n) is 5.50. The van der Waals surface area contributed by atoms with Crippen molar-refractivity contribution in [2.45, 2.75) is 26.3 Å². The van der Waals surface area contributed by atoms with Crippen molar-refractivity contribution in [1.82, 2.24) is 10.6 Å². The molecule has 0 aromatic heterocycles. The van der Waals surface area contributed by atoms with Gasteiger partial charge in [0.1, 0.15) is 0 Å². The summed E-state index contributed by atoms with van der Waals surface area (Å²) >= 11 is 6.09. The Morgan fingerprint density at radius 3 is 2.68 bits per heavy atom. The van der Waals surface area contributed by atoms with Gasteiger partial charge in [-0.25, -0.2) is 0 Å². The average molecular weight is 346 g/mol. The molecule has 2 amide bonds. The number of nitrogens with one attached hydrogen (secondary N) is 3. The lowest BCUT2D eigenvalue weighted by atomic mass is 10.1. The fourth-order valence-electron chi connectivity index (χ4n) is 2.10. The quantitative estimate of drug-likeness (QED) is 0.784. The summed E-state index contributed by atoms with van der Waals surface area (Å²) in [6, 6.07) is 5.05. The molecule has 1 aromatic rings. The van der Waals surface area contributed by atoms with Gasteiger partial charge >= 0.3 is 0 Å². The molecule has 0 spiro atoms. The van der Waals surface area contributed by atoms with Crippen molar-refractivity contribution in [2.75, 3.05) is 18.4 Å². The van der Waals surface area contributed by atoms with Crippen molar-refractivity contribution in [3.05, 3.63) is 28.8 Å². The van der Waals surface area contributed by atoms with Gasteiger partial charge in [-0.05, 0) is 31.2 Å². The van der Waals surface area contributed by atoms with E-state index < -0.39 is 0 Å². The topological polar surface area (TPSA) is 70.2 Å². The minimum absolute atomic E-state index is 0. The molecule has 1 aliphatic rings. The number of anilines is 1. The van der Waals surface area contributed by atoms with E-state index in [1.54, 1.807) is 18.2 Å². The van der Waals surface area contributed by atoms with Crippen molar-refractivity contribution >= 4 is 41.5 Å². The van der Waals surface area contributed by atoms with Crippen LogP contribution in [-0.4, -0.2) is 30.9 Å². The van der Waals surface area contributed by atoms with Gasteiger partial charge in [0.25, 0.3) is 5.91 Å². The van der Waals surface area contributed by atoms with Crippen LogP contribution in [0.3, 0.4) is 0 Å². The first kappa shape index (κ1) is 18.7. The molecule has 1 atom stereocenters.